The lowest BCUT2D eigenvalue weighted by molar-refractivity contribution is 0.149. The third-order valence-electron chi connectivity index (χ3n) is 1.68. The topological polar surface area (TPSA) is 78.3 Å². The van der Waals surface area contributed by atoms with Gasteiger partial charge in [0.05, 0.1) is 6.04 Å². The molecule has 0 saturated carbocycles. The number of nitrogens with two attached hydrogens (primary N) is 2. The highest BCUT2D eigenvalue weighted by Gasteiger charge is 2.07. The number of ether oxygens (including phenoxy) is 1. The summed E-state index contributed by atoms with van der Waals surface area (Å²) in [4.78, 5) is 10.3. The van der Waals surface area contributed by atoms with E-state index in [-0.39, 0.29) is 6.61 Å². The Labute approximate surface area is 86.8 Å². The lowest BCUT2D eigenvalue weighted by Crippen LogP contribution is -2.22. The Morgan fingerprint density at radius 2 is 2.29 bits per heavy atom. The molecule has 0 aliphatic heterocycles. The molecule has 0 aliphatic carbocycles. The SMILES string of the molecule is NC(=O)OCC(N)c1cccc(Cl)c1. The van der Waals surface area contributed by atoms with Gasteiger partial charge in [-0.15, -0.1) is 0 Å². The molecule has 1 atom stereocenters. The van der Waals surface area contributed by atoms with Gasteiger partial charge >= 0.3 is 6.09 Å². The highest BCUT2D eigenvalue weighted by molar-refractivity contribution is 6.30. The zero-order chi connectivity index (χ0) is 10.6. The molecule has 4 N–H and O–H groups in total. The molecule has 1 rings (SSSR count). The highest BCUT2D eigenvalue weighted by atomic mass is 35.5. The van der Waals surface area contributed by atoms with Gasteiger partial charge in [-0.1, -0.05) is 23.7 Å². The lowest BCUT2D eigenvalue weighted by Gasteiger charge is -2.11. The van der Waals surface area contributed by atoms with Gasteiger partial charge in [-0.25, -0.2) is 4.79 Å². The van der Waals surface area contributed by atoms with Crippen molar-refractivity contribution in [2.45, 2.75) is 6.04 Å². The van der Waals surface area contributed by atoms with Gasteiger partial charge in [0.1, 0.15) is 6.61 Å². The van der Waals surface area contributed by atoms with Crippen LogP contribution in [0, 0.1) is 0 Å². The highest BCUT2D eigenvalue weighted by Crippen LogP contribution is 2.16. The van der Waals surface area contributed by atoms with Crippen LogP contribution in [0.15, 0.2) is 24.3 Å². The average Bonchev–Trinajstić information content (AvgIpc) is 2.14. The van der Waals surface area contributed by atoms with Crippen molar-refractivity contribution in [1.82, 2.24) is 0 Å². The van der Waals surface area contributed by atoms with E-state index in [4.69, 9.17) is 23.1 Å². The maximum absolute atomic E-state index is 10.3. The second-order valence-electron chi connectivity index (χ2n) is 2.79. The number of rotatable bonds is 3. The van der Waals surface area contributed by atoms with Crippen LogP contribution in [0.4, 0.5) is 4.79 Å². The molecule has 0 bridgehead atoms. The predicted molar refractivity (Wildman–Crippen MR) is 53.9 cm³/mol. The Morgan fingerprint density at radius 3 is 2.86 bits per heavy atom. The first-order valence-electron chi connectivity index (χ1n) is 4.03. The van der Waals surface area contributed by atoms with Crippen molar-refractivity contribution in [3.63, 3.8) is 0 Å². The Morgan fingerprint density at radius 1 is 1.57 bits per heavy atom. The van der Waals surface area contributed by atoms with Crippen molar-refractivity contribution >= 4 is 17.7 Å². The molecule has 1 aromatic carbocycles. The largest absolute Gasteiger partial charge is 0.448 e. The lowest BCUT2D eigenvalue weighted by atomic mass is 10.1. The van der Waals surface area contributed by atoms with Gasteiger partial charge in [-0.3, -0.25) is 0 Å². The quantitative estimate of drug-likeness (QED) is 0.799. The van der Waals surface area contributed by atoms with E-state index in [2.05, 4.69) is 4.74 Å². The number of carbonyl (C=O) groups excluding carboxylic acids is 1. The Balaban J connectivity index is 2.60. The molecule has 4 nitrogen and oxygen atoms in total. The van der Waals surface area contributed by atoms with Crippen LogP contribution in [0.5, 0.6) is 0 Å². The van der Waals surface area contributed by atoms with Gasteiger partial charge in [0.25, 0.3) is 0 Å². The first kappa shape index (κ1) is 10.8. The van der Waals surface area contributed by atoms with Gasteiger partial charge < -0.3 is 16.2 Å². The molecule has 1 aromatic rings. The van der Waals surface area contributed by atoms with Crippen molar-refractivity contribution in [3.05, 3.63) is 34.9 Å². The number of hydrogen-bond acceptors (Lipinski definition) is 3. The third kappa shape index (κ3) is 3.24. The summed E-state index contributed by atoms with van der Waals surface area (Å²) < 4.78 is 4.57. The molecule has 0 radical (unpaired) electrons. The van der Waals surface area contributed by atoms with E-state index in [0.29, 0.717) is 5.02 Å². The van der Waals surface area contributed by atoms with Crippen LogP contribution in [0.2, 0.25) is 5.02 Å². The van der Waals surface area contributed by atoms with Crippen molar-refractivity contribution < 1.29 is 9.53 Å². The van der Waals surface area contributed by atoms with Crippen molar-refractivity contribution in [3.8, 4) is 0 Å². The van der Waals surface area contributed by atoms with Crippen molar-refractivity contribution in [2.75, 3.05) is 6.61 Å². The van der Waals surface area contributed by atoms with Gasteiger partial charge in [0, 0.05) is 5.02 Å². The monoisotopic (exact) mass is 214 g/mol. The molecule has 1 amide bonds. The molecular formula is C9H11ClN2O2. The molecule has 76 valence electrons. The summed E-state index contributed by atoms with van der Waals surface area (Å²) >= 11 is 5.76. The smallest absolute Gasteiger partial charge is 0.404 e. The Hall–Kier alpha value is -1.26. The summed E-state index contributed by atoms with van der Waals surface area (Å²) in [5.41, 5.74) is 11.3. The van der Waals surface area contributed by atoms with Gasteiger partial charge in [-0.05, 0) is 17.7 Å². The van der Waals surface area contributed by atoms with E-state index in [9.17, 15) is 4.79 Å². The van der Waals surface area contributed by atoms with Crippen LogP contribution in [-0.2, 0) is 4.74 Å². The number of benzene rings is 1. The van der Waals surface area contributed by atoms with E-state index in [0.717, 1.165) is 5.56 Å². The second-order valence-corrected chi connectivity index (χ2v) is 3.23. The molecule has 0 aliphatic rings. The number of halogens is 1. The minimum absolute atomic E-state index is 0.0513. The maximum atomic E-state index is 10.3. The van der Waals surface area contributed by atoms with Gasteiger partial charge in [0.15, 0.2) is 0 Å². The Bertz CT molecular complexity index is 330. The fraction of sp³-hybridized carbons (Fsp3) is 0.222. The van der Waals surface area contributed by atoms with Gasteiger partial charge in [-0.2, -0.15) is 0 Å². The predicted octanol–water partition coefficient (Wildman–Crippen LogP) is 1.44. The molecule has 1 unspecified atom stereocenters. The normalized spacial score (nSPS) is 12.1. The van der Waals surface area contributed by atoms with Crippen LogP contribution in [0.3, 0.4) is 0 Å². The van der Waals surface area contributed by atoms with E-state index in [1.54, 1.807) is 24.3 Å². The fourth-order valence-electron chi connectivity index (χ4n) is 1.01. The van der Waals surface area contributed by atoms with Crippen LogP contribution in [0.25, 0.3) is 0 Å². The summed E-state index contributed by atoms with van der Waals surface area (Å²) in [7, 11) is 0. The minimum Gasteiger partial charge on any atom is -0.448 e. The Kier molecular flexibility index (Phi) is 3.73. The fourth-order valence-corrected chi connectivity index (χ4v) is 1.20. The first-order valence-corrected chi connectivity index (χ1v) is 4.40. The number of primary amides is 1. The summed E-state index contributed by atoms with van der Waals surface area (Å²) in [5, 5.41) is 0.594. The van der Waals surface area contributed by atoms with Crippen molar-refractivity contribution in [1.29, 1.82) is 0 Å². The van der Waals surface area contributed by atoms with Crippen LogP contribution in [0.1, 0.15) is 11.6 Å². The zero-order valence-electron chi connectivity index (χ0n) is 7.44. The summed E-state index contributed by atoms with van der Waals surface area (Å²) in [6.45, 7) is 0.0513. The molecule has 0 heterocycles. The van der Waals surface area contributed by atoms with Crippen LogP contribution in [-0.4, -0.2) is 12.7 Å². The number of hydrogen-bond donors (Lipinski definition) is 2. The second kappa shape index (κ2) is 4.83. The molecular weight excluding hydrogens is 204 g/mol. The molecule has 0 aromatic heterocycles. The number of amides is 1. The molecule has 0 spiro atoms. The molecule has 0 fully saturated rings. The summed E-state index contributed by atoms with van der Waals surface area (Å²) in [6.07, 6.45) is -0.831. The molecule has 0 saturated heterocycles. The third-order valence-corrected chi connectivity index (χ3v) is 1.92. The van der Waals surface area contributed by atoms with E-state index >= 15 is 0 Å². The van der Waals surface area contributed by atoms with Crippen LogP contribution < -0.4 is 11.5 Å². The van der Waals surface area contributed by atoms with Crippen molar-refractivity contribution in [2.24, 2.45) is 11.5 Å². The van der Waals surface area contributed by atoms with Crippen LogP contribution >= 0.6 is 11.6 Å². The minimum atomic E-state index is -0.831. The maximum Gasteiger partial charge on any atom is 0.404 e. The summed E-state index contributed by atoms with van der Waals surface area (Å²) in [5.74, 6) is 0. The first-order chi connectivity index (χ1) is 6.59. The average molecular weight is 215 g/mol. The standard InChI is InChI=1S/C9H11ClN2O2/c10-7-3-1-2-6(4-7)8(11)5-14-9(12)13/h1-4,8H,5,11H2,(H2,12,13). The summed E-state index contributed by atoms with van der Waals surface area (Å²) in [6, 6.07) is 6.65. The molecule has 5 heteroatoms. The van der Waals surface area contributed by atoms with Gasteiger partial charge in [0.2, 0.25) is 0 Å². The molecule has 14 heavy (non-hydrogen) atoms. The van der Waals surface area contributed by atoms with E-state index in [1.807, 2.05) is 0 Å². The van der Waals surface area contributed by atoms with E-state index < -0.39 is 12.1 Å². The van der Waals surface area contributed by atoms with E-state index in [1.165, 1.54) is 0 Å². The number of carbonyl (C=O) groups is 1. The zero-order valence-corrected chi connectivity index (χ0v) is 8.20.